The van der Waals surface area contributed by atoms with Crippen LogP contribution in [0.4, 0.5) is 0 Å². The molecule has 80 valence electrons. The monoisotopic (exact) mass is 243 g/mol. The topological polar surface area (TPSA) is 42.4 Å². The lowest BCUT2D eigenvalue weighted by atomic mass is 10.1. The van der Waals surface area contributed by atoms with Crippen LogP contribution in [0.5, 0.6) is 5.75 Å². The van der Waals surface area contributed by atoms with Crippen molar-refractivity contribution in [2.45, 2.75) is 6.42 Å². The molecule has 0 bridgehead atoms. The van der Waals surface area contributed by atoms with Crippen LogP contribution in [0.15, 0.2) is 12.1 Å². The van der Waals surface area contributed by atoms with E-state index in [0.29, 0.717) is 10.9 Å². The second kappa shape index (κ2) is 4.35. The van der Waals surface area contributed by atoms with E-state index >= 15 is 0 Å². The van der Waals surface area contributed by atoms with Crippen LogP contribution in [0.1, 0.15) is 5.56 Å². The number of aliphatic hydroxyl groups is 1. The van der Waals surface area contributed by atoms with Crippen LogP contribution in [-0.4, -0.2) is 23.8 Å². The molecule has 5 heteroatoms. The fraction of sp³-hybridized carbons (Fsp3) is 0.300. The Labute approximate surface area is 96.3 Å². The molecular weight excluding hydrogens is 234 g/mol. The van der Waals surface area contributed by atoms with Crippen molar-refractivity contribution in [3.8, 4) is 5.75 Å². The molecule has 1 heterocycles. The number of aliphatic hydroxyl groups excluding tert-OH is 1. The Hall–Kier alpha value is -0.840. The summed E-state index contributed by atoms with van der Waals surface area (Å²) in [6, 6.07) is 3.79. The molecule has 2 aromatic rings. The maximum absolute atomic E-state index is 8.95. The van der Waals surface area contributed by atoms with E-state index in [1.807, 2.05) is 12.1 Å². The van der Waals surface area contributed by atoms with Crippen LogP contribution in [-0.2, 0) is 6.42 Å². The SMILES string of the molecule is COc1cc(CCO)c2nc(Cl)sc2c1. The quantitative estimate of drug-likeness (QED) is 0.901. The summed E-state index contributed by atoms with van der Waals surface area (Å²) in [5.74, 6) is 0.770. The van der Waals surface area contributed by atoms with Gasteiger partial charge in [0, 0.05) is 6.61 Å². The first-order valence-electron chi connectivity index (χ1n) is 4.48. The fourth-order valence-corrected chi connectivity index (χ4v) is 2.57. The van der Waals surface area contributed by atoms with Crippen molar-refractivity contribution in [1.29, 1.82) is 0 Å². The maximum Gasteiger partial charge on any atom is 0.184 e. The van der Waals surface area contributed by atoms with Crippen LogP contribution >= 0.6 is 22.9 Å². The molecular formula is C10H10ClNO2S. The number of methoxy groups -OCH3 is 1. The standard InChI is InChI=1S/C10H10ClNO2S/c1-14-7-4-6(2-3-13)9-8(5-7)15-10(11)12-9/h4-5,13H,2-3H2,1H3. The highest BCUT2D eigenvalue weighted by Crippen LogP contribution is 2.32. The van der Waals surface area contributed by atoms with Gasteiger partial charge in [0.15, 0.2) is 4.47 Å². The minimum absolute atomic E-state index is 0.0947. The number of ether oxygens (including phenoxy) is 1. The average molecular weight is 244 g/mol. The summed E-state index contributed by atoms with van der Waals surface area (Å²) in [6.45, 7) is 0.0947. The molecule has 0 aliphatic heterocycles. The zero-order chi connectivity index (χ0) is 10.8. The second-order valence-corrected chi connectivity index (χ2v) is 4.69. The van der Waals surface area contributed by atoms with Gasteiger partial charge < -0.3 is 9.84 Å². The number of rotatable bonds is 3. The van der Waals surface area contributed by atoms with Crippen molar-refractivity contribution >= 4 is 33.2 Å². The molecule has 2 rings (SSSR count). The molecule has 0 fully saturated rings. The molecule has 0 saturated heterocycles. The highest BCUT2D eigenvalue weighted by Gasteiger charge is 2.09. The summed E-state index contributed by atoms with van der Waals surface area (Å²) < 4.78 is 6.67. The number of hydrogen-bond donors (Lipinski definition) is 1. The van der Waals surface area contributed by atoms with Crippen LogP contribution in [0.25, 0.3) is 10.2 Å². The predicted molar refractivity (Wildman–Crippen MR) is 62.0 cm³/mol. The fourth-order valence-electron chi connectivity index (χ4n) is 1.47. The summed E-state index contributed by atoms with van der Waals surface area (Å²) in [5, 5.41) is 8.95. The minimum Gasteiger partial charge on any atom is -0.497 e. The molecule has 1 N–H and O–H groups in total. The first-order chi connectivity index (χ1) is 7.24. The molecule has 1 aromatic carbocycles. The van der Waals surface area contributed by atoms with Crippen LogP contribution < -0.4 is 4.74 Å². The lowest BCUT2D eigenvalue weighted by Crippen LogP contribution is -1.93. The van der Waals surface area contributed by atoms with Gasteiger partial charge in [-0.2, -0.15) is 0 Å². The van der Waals surface area contributed by atoms with Gasteiger partial charge in [-0.05, 0) is 24.1 Å². The summed E-state index contributed by atoms with van der Waals surface area (Å²) in [7, 11) is 1.62. The predicted octanol–water partition coefficient (Wildman–Crippen LogP) is 2.49. The molecule has 15 heavy (non-hydrogen) atoms. The van der Waals surface area contributed by atoms with Crippen molar-refractivity contribution < 1.29 is 9.84 Å². The number of halogens is 1. The van der Waals surface area contributed by atoms with Gasteiger partial charge in [0.25, 0.3) is 0 Å². The van der Waals surface area contributed by atoms with E-state index in [-0.39, 0.29) is 6.61 Å². The summed E-state index contributed by atoms with van der Waals surface area (Å²) in [5.41, 5.74) is 1.83. The molecule has 0 aliphatic rings. The van der Waals surface area contributed by atoms with Gasteiger partial charge in [-0.15, -0.1) is 11.3 Å². The Balaban J connectivity index is 2.62. The summed E-state index contributed by atoms with van der Waals surface area (Å²) in [6.07, 6.45) is 0.563. The number of hydrogen-bond acceptors (Lipinski definition) is 4. The second-order valence-electron chi connectivity index (χ2n) is 3.07. The van der Waals surface area contributed by atoms with Crippen LogP contribution in [0.2, 0.25) is 4.47 Å². The van der Waals surface area contributed by atoms with E-state index in [0.717, 1.165) is 21.5 Å². The van der Waals surface area contributed by atoms with Gasteiger partial charge in [0.1, 0.15) is 5.75 Å². The van der Waals surface area contributed by atoms with E-state index in [9.17, 15) is 0 Å². The van der Waals surface area contributed by atoms with Crippen LogP contribution in [0.3, 0.4) is 0 Å². The first kappa shape index (κ1) is 10.7. The normalized spacial score (nSPS) is 10.9. The van der Waals surface area contributed by atoms with Gasteiger partial charge in [0.05, 0.1) is 17.3 Å². The van der Waals surface area contributed by atoms with E-state index in [2.05, 4.69) is 4.98 Å². The molecule has 0 aliphatic carbocycles. The van der Waals surface area contributed by atoms with Crippen molar-refractivity contribution in [2.75, 3.05) is 13.7 Å². The lowest BCUT2D eigenvalue weighted by Gasteiger charge is -2.04. The van der Waals surface area contributed by atoms with Gasteiger partial charge >= 0.3 is 0 Å². The smallest absolute Gasteiger partial charge is 0.184 e. The summed E-state index contributed by atoms with van der Waals surface area (Å²) >= 11 is 7.27. The third-order valence-corrected chi connectivity index (χ3v) is 3.24. The van der Waals surface area contributed by atoms with Gasteiger partial charge in [-0.25, -0.2) is 4.98 Å². The third kappa shape index (κ3) is 2.07. The molecule has 1 aromatic heterocycles. The number of aromatic nitrogens is 1. The molecule has 0 atom stereocenters. The van der Waals surface area contributed by atoms with E-state index in [1.54, 1.807) is 7.11 Å². The molecule has 0 unspecified atom stereocenters. The van der Waals surface area contributed by atoms with Crippen LogP contribution in [0, 0.1) is 0 Å². The van der Waals surface area contributed by atoms with Gasteiger partial charge in [-0.3, -0.25) is 0 Å². The molecule has 3 nitrogen and oxygen atoms in total. The molecule has 0 radical (unpaired) electrons. The average Bonchev–Trinajstić information content (AvgIpc) is 2.58. The number of thiazole rings is 1. The largest absolute Gasteiger partial charge is 0.497 e. The maximum atomic E-state index is 8.95. The highest BCUT2D eigenvalue weighted by atomic mass is 35.5. The lowest BCUT2D eigenvalue weighted by molar-refractivity contribution is 0.300. The van der Waals surface area contributed by atoms with E-state index in [4.69, 9.17) is 21.4 Å². The Morgan fingerprint density at radius 3 is 3.00 bits per heavy atom. The highest BCUT2D eigenvalue weighted by molar-refractivity contribution is 7.22. The molecule has 0 spiro atoms. The Bertz CT molecular complexity index is 483. The zero-order valence-electron chi connectivity index (χ0n) is 8.16. The van der Waals surface area contributed by atoms with Gasteiger partial charge in [-0.1, -0.05) is 11.6 Å². The Morgan fingerprint density at radius 1 is 1.53 bits per heavy atom. The van der Waals surface area contributed by atoms with E-state index < -0.39 is 0 Å². The number of nitrogens with zero attached hydrogens (tertiary/aromatic N) is 1. The van der Waals surface area contributed by atoms with Crippen molar-refractivity contribution in [3.05, 3.63) is 22.2 Å². The molecule has 0 amide bonds. The summed E-state index contributed by atoms with van der Waals surface area (Å²) in [4.78, 5) is 4.22. The Kier molecular flexibility index (Phi) is 3.09. The van der Waals surface area contributed by atoms with Crippen molar-refractivity contribution in [2.24, 2.45) is 0 Å². The number of fused-ring (bicyclic) bond motifs is 1. The minimum atomic E-state index is 0.0947. The first-order valence-corrected chi connectivity index (χ1v) is 5.68. The van der Waals surface area contributed by atoms with Gasteiger partial charge in [0.2, 0.25) is 0 Å². The Morgan fingerprint density at radius 2 is 2.33 bits per heavy atom. The number of benzene rings is 1. The van der Waals surface area contributed by atoms with Crippen molar-refractivity contribution in [1.82, 2.24) is 4.98 Å². The molecule has 0 saturated carbocycles. The van der Waals surface area contributed by atoms with Crippen molar-refractivity contribution in [3.63, 3.8) is 0 Å². The zero-order valence-corrected chi connectivity index (χ0v) is 9.73. The third-order valence-electron chi connectivity index (χ3n) is 2.14. The van der Waals surface area contributed by atoms with E-state index in [1.165, 1.54) is 11.3 Å².